The van der Waals surface area contributed by atoms with Crippen molar-refractivity contribution in [2.45, 2.75) is 43.7 Å². The fourth-order valence-electron chi connectivity index (χ4n) is 3.57. The van der Waals surface area contributed by atoms with Crippen LogP contribution in [0.4, 0.5) is 0 Å². The predicted molar refractivity (Wildman–Crippen MR) is 91.5 cm³/mol. The van der Waals surface area contributed by atoms with Crippen molar-refractivity contribution in [3.8, 4) is 0 Å². The third-order valence-corrected chi connectivity index (χ3v) is 6.69. The molecule has 0 N–H and O–H groups in total. The summed E-state index contributed by atoms with van der Waals surface area (Å²) in [6.45, 7) is 8.39. The van der Waals surface area contributed by atoms with Gasteiger partial charge in [0.2, 0.25) is 0 Å². The third kappa shape index (κ3) is 3.51. The number of hydrogen-bond donors (Lipinski definition) is 0. The van der Waals surface area contributed by atoms with Crippen LogP contribution >= 0.6 is 0 Å². The lowest BCUT2D eigenvalue weighted by Crippen LogP contribution is -2.39. The minimum atomic E-state index is -3.52. The molecule has 0 spiro atoms. The molecule has 1 unspecified atom stereocenters. The van der Waals surface area contributed by atoms with Gasteiger partial charge in [0.05, 0.1) is 6.61 Å². The Hall–Kier alpha value is -0.960. The highest BCUT2D eigenvalue weighted by Gasteiger charge is 2.32. The van der Waals surface area contributed by atoms with Crippen LogP contribution in [-0.4, -0.2) is 72.6 Å². The zero-order chi connectivity index (χ0) is 17.3. The molecule has 0 bridgehead atoms. The van der Waals surface area contributed by atoms with Gasteiger partial charge in [-0.15, -0.1) is 0 Å². The first-order valence-corrected chi connectivity index (χ1v) is 10.2. The fraction of sp³-hybridized carbons (Fsp3) is 0.812. The maximum absolute atomic E-state index is 13.0. The van der Waals surface area contributed by atoms with Gasteiger partial charge in [0.15, 0.2) is 5.03 Å². The topological polar surface area (TPSA) is 67.7 Å². The number of aromatic nitrogens is 2. The number of rotatable bonds is 4. The van der Waals surface area contributed by atoms with Crippen LogP contribution in [0, 0.1) is 0 Å². The highest BCUT2D eigenvalue weighted by atomic mass is 32.2. The lowest BCUT2D eigenvalue weighted by Gasteiger charge is -2.26. The van der Waals surface area contributed by atoms with E-state index in [-0.39, 0.29) is 10.9 Å². The Morgan fingerprint density at radius 1 is 1.25 bits per heavy atom. The number of imidazole rings is 1. The van der Waals surface area contributed by atoms with Crippen molar-refractivity contribution in [1.29, 1.82) is 0 Å². The molecule has 7 nitrogen and oxygen atoms in total. The summed E-state index contributed by atoms with van der Waals surface area (Å²) >= 11 is 0. The molecule has 136 valence electrons. The summed E-state index contributed by atoms with van der Waals surface area (Å²) in [5, 5.41) is 0.173. The number of nitrogens with zero attached hydrogens (tertiary/aromatic N) is 4. The Balaban J connectivity index is 1.74. The molecule has 1 atom stereocenters. The van der Waals surface area contributed by atoms with E-state index in [2.05, 4.69) is 9.88 Å². The average molecular weight is 356 g/mol. The molecule has 0 aromatic carbocycles. The number of aryl methyl sites for hydroxylation is 1. The van der Waals surface area contributed by atoms with Gasteiger partial charge in [-0.25, -0.2) is 13.4 Å². The molecular weight excluding hydrogens is 328 g/mol. The van der Waals surface area contributed by atoms with Crippen molar-refractivity contribution >= 4 is 10.0 Å². The van der Waals surface area contributed by atoms with Gasteiger partial charge in [0, 0.05) is 51.4 Å². The maximum Gasteiger partial charge on any atom is 0.262 e. The summed E-state index contributed by atoms with van der Waals surface area (Å²) < 4.78 is 34.8. The minimum absolute atomic E-state index is 0.173. The molecule has 2 aliphatic heterocycles. The Labute approximate surface area is 144 Å². The molecular formula is C16H28N4O3S. The van der Waals surface area contributed by atoms with Crippen LogP contribution in [-0.2, 0) is 21.8 Å². The summed E-state index contributed by atoms with van der Waals surface area (Å²) in [6, 6.07) is 0.440. The smallest absolute Gasteiger partial charge is 0.262 e. The molecule has 0 radical (unpaired) electrons. The first-order chi connectivity index (χ1) is 11.4. The summed E-state index contributed by atoms with van der Waals surface area (Å²) in [5.74, 6) is 0.995. The van der Waals surface area contributed by atoms with Crippen molar-refractivity contribution in [2.24, 2.45) is 7.05 Å². The van der Waals surface area contributed by atoms with E-state index in [0.29, 0.717) is 19.1 Å². The Bertz CT molecular complexity index is 665. The molecule has 1 aromatic heterocycles. The van der Waals surface area contributed by atoms with E-state index in [0.717, 1.165) is 45.0 Å². The predicted octanol–water partition coefficient (Wildman–Crippen LogP) is 1.03. The molecule has 0 amide bonds. The summed E-state index contributed by atoms with van der Waals surface area (Å²) in [4.78, 5) is 6.76. The van der Waals surface area contributed by atoms with Crippen molar-refractivity contribution in [3.05, 3.63) is 12.0 Å². The summed E-state index contributed by atoms with van der Waals surface area (Å²) in [7, 11) is -1.67. The normalized spacial score (nSPS) is 24.6. The Morgan fingerprint density at radius 3 is 2.67 bits per heavy atom. The van der Waals surface area contributed by atoms with Crippen molar-refractivity contribution in [3.63, 3.8) is 0 Å². The lowest BCUT2D eigenvalue weighted by atomic mass is 10.2. The molecule has 8 heteroatoms. The molecule has 0 aliphatic carbocycles. The molecule has 3 rings (SSSR count). The SMILES string of the molecule is CC(C)c1nc(S(=O)(=O)N2CCCN(C3CCOC3)CC2)cn1C. The van der Waals surface area contributed by atoms with Crippen LogP contribution in [0.1, 0.15) is 38.4 Å². The van der Waals surface area contributed by atoms with Crippen molar-refractivity contribution < 1.29 is 13.2 Å². The molecule has 2 aliphatic rings. The van der Waals surface area contributed by atoms with Crippen LogP contribution in [0.2, 0.25) is 0 Å². The standard InChI is InChI=1S/C16H28N4O3S/c1-13(2)16-17-15(11-18(16)3)24(21,22)20-7-4-6-19(8-9-20)14-5-10-23-12-14/h11,13-14H,4-10,12H2,1-3H3. The maximum atomic E-state index is 13.0. The van der Waals surface area contributed by atoms with Gasteiger partial charge in [0.1, 0.15) is 5.82 Å². The van der Waals surface area contributed by atoms with Gasteiger partial charge in [-0.1, -0.05) is 13.8 Å². The van der Waals surface area contributed by atoms with Crippen LogP contribution in [0.5, 0.6) is 0 Å². The molecule has 24 heavy (non-hydrogen) atoms. The lowest BCUT2D eigenvalue weighted by molar-refractivity contribution is 0.147. The molecule has 0 saturated carbocycles. The zero-order valence-electron chi connectivity index (χ0n) is 14.8. The second-order valence-corrected chi connectivity index (χ2v) is 8.90. The van der Waals surface area contributed by atoms with Crippen molar-refractivity contribution in [2.75, 3.05) is 39.4 Å². The largest absolute Gasteiger partial charge is 0.380 e. The van der Waals surface area contributed by atoms with Gasteiger partial charge >= 0.3 is 0 Å². The first-order valence-electron chi connectivity index (χ1n) is 8.75. The van der Waals surface area contributed by atoms with Gasteiger partial charge in [-0.2, -0.15) is 4.31 Å². The van der Waals surface area contributed by atoms with E-state index in [1.54, 1.807) is 10.5 Å². The summed E-state index contributed by atoms with van der Waals surface area (Å²) in [5.41, 5.74) is 0. The van der Waals surface area contributed by atoms with Crippen LogP contribution in [0.15, 0.2) is 11.2 Å². The van der Waals surface area contributed by atoms with E-state index >= 15 is 0 Å². The average Bonchev–Trinajstić information content (AvgIpc) is 3.12. The quantitative estimate of drug-likeness (QED) is 0.806. The first kappa shape index (κ1) is 17.8. The van der Waals surface area contributed by atoms with E-state index < -0.39 is 10.0 Å². The van der Waals surface area contributed by atoms with Gasteiger partial charge in [-0.05, 0) is 19.4 Å². The van der Waals surface area contributed by atoms with Gasteiger partial charge in [0.25, 0.3) is 10.0 Å². The highest BCUT2D eigenvalue weighted by Crippen LogP contribution is 2.22. The van der Waals surface area contributed by atoms with E-state index in [4.69, 9.17) is 4.74 Å². The molecule has 1 aromatic rings. The minimum Gasteiger partial charge on any atom is -0.380 e. The number of sulfonamides is 1. The number of hydrogen-bond acceptors (Lipinski definition) is 5. The van der Waals surface area contributed by atoms with E-state index in [9.17, 15) is 8.42 Å². The molecule has 2 saturated heterocycles. The fourth-order valence-corrected chi connectivity index (χ4v) is 5.03. The second kappa shape index (κ2) is 7.11. The molecule has 3 heterocycles. The second-order valence-electron chi connectivity index (χ2n) is 7.01. The number of ether oxygens (including phenoxy) is 1. The van der Waals surface area contributed by atoms with Crippen molar-refractivity contribution in [1.82, 2.24) is 18.8 Å². The Kier molecular flexibility index (Phi) is 5.29. The van der Waals surface area contributed by atoms with E-state index in [1.165, 1.54) is 0 Å². The van der Waals surface area contributed by atoms with Gasteiger partial charge in [-0.3, -0.25) is 4.90 Å². The van der Waals surface area contributed by atoms with Crippen LogP contribution < -0.4 is 0 Å². The molecule has 2 fully saturated rings. The highest BCUT2D eigenvalue weighted by molar-refractivity contribution is 7.89. The zero-order valence-corrected chi connectivity index (χ0v) is 15.6. The van der Waals surface area contributed by atoms with E-state index in [1.807, 2.05) is 25.5 Å². The summed E-state index contributed by atoms with van der Waals surface area (Å²) in [6.07, 6.45) is 3.53. The third-order valence-electron chi connectivity index (χ3n) is 4.92. The monoisotopic (exact) mass is 356 g/mol. The Morgan fingerprint density at radius 2 is 2.04 bits per heavy atom. The van der Waals surface area contributed by atoms with Crippen LogP contribution in [0.3, 0.4) is 0 Å². The van der Waals surface area contributed by atoms with Crippen LogP contribution in [0.25, 0.3) is 0 Å². The van der Waals surface area contributed by atoms with Gasteiger partial charge < -0.3 is 9.30 Å².